The van der Waals surface area contributed by atoms with Crippen molar-refractivity contribution < 1.29 is 9.53 Å². The van der Waals surface area contributed by atoms with Gasteiger partial charge >= 0.3 is 0 Å². The fraction of sp³-hybridized carbons (Fsp3) is 0.524. The lowest BCUT2D eigenvalue weighted by molar-refractivity contribution is -0.124. The van der Waals surface area contributed by atoms with Crippen molar-refractivity contribution in [2.75, 3.05) is 26.2 Å². The van der Waals surface area contributed by atoms with Crippen LogP contribution < -0.4 is 15.4 Å². The summed E-state index contributed by atoms with van der Waals surface area (Å²) < 4.78 is 7.49. The SMILES string of the molecule is CC(C)COc1ccc(CCNC(=O)[C@H]2CNC[C@@H]2c2cnn(C)c2)cc1. The Kier molecular flexibility index (Phi) is 6.50. The highest BCUT2D eigenvalue weighted by molar-refractivity contribution is 5.80. The molecule has 0 bridgehead atoms. The molecule has 0 spiro atoms. The average Bonchev–Trinajstić information content (AvgIpc) is 3.29. The van der Waals surface area contributed by atoms with Crippen LogP contribution in [0.4, 0.5) is 0 Å². The number of aromatic nitrogens is 2. The van der Waals surface area contributed by atoms with Gasteiger partial charge in [-0.1, -0.05) is 26.0 Å². The second-order valence-electron chi connectivity index (χ2n) is 7.71. The Hall–Kier alpha value is -2.34. The molecule has 1 aromatic carbocycles. The summed E-state index contributed by atoms with van der Waals surface area (Å²) in [6.45, 7) is 7.17. The number of carbonyl (C=O) groups is 1. The fourth-order valence-electron chi connectivity index (χ4n) is 3.41. The predicted octanol–water partition coefficient (Wildman–Crippen LogP) is 2.12. The Morgan fingerprint density at radius 1 is 1.33 bits per heavy atom. The quantitative estimate of drug-likeness (QED) is 0.747. The number of amides is 1. The van der Waals surface area contributed by atoms with E-state index in [4.69, 9.17) is 4.74 Å². The standard InChI is InChI=1S/C21H30N4O2/c1-15(2)14-27-18-6-4-16(5-7-18)8-9-23-21(26)20-12-22-11-19(20)17-10-24-25(3)13-17/h4-7,10,13,15,19-20,22H,8-9,11-12,14H2,1-3H3,(H,23,26)/t19-,20+/m1/s1. The first-order valence-corrected chi connectivity index (χ1v) is 9.71. The third-order valence-electron chi connectivity index (χ3n) is 4.92. The molecule has 2 heterocycles. The molecule has 1 aromatic heterocycles. The van der Waals surface area contributed by atoms with Gasteiger partial charge in [-0.25, -0.2) is 0 Å². The fourth-order valence-corrected chi connectivity index (χ4v) is 3.41. The Morgan fingerprint density at radius 2 is 2.11 bits per heavy atom. The van der Waals surface area contributed by atoms with Crippen LogP contribution in [-0.4, -0.2) is 41.9 Å². The summed E-state index contributed by atoms with van der Waals surface area (Å²) in [7, 11) is 1.90. The summed E-state index contributed by atoms with van der Waals surface area (Å²) in [5, 5.41) is 10.7. The van der Waals surface area contributed by atoms with Gasteiger partial charge < -0.3 is 15.4 Å². The molecule has 0 radical (unpaired) electrons. The van der Waals surface area contributed by atoms with Crippen LogP contribution in [0, 0.1) is 11.8 Å². The van der Waals surface area contributed by atoms with Crippen molar-refractivity contribution in [1.29, 1.82) is 0 Å². The smallest absolute Gasteiger partial charge is 0.225 e. The third-order valence-corrected chi connectivity index (χ3v) is 4.92. The number of hydrogen-bond acceptors (Lipinski definition) is 4. The van der Waals surface area contributed by atoms with Crippen LogP contribution in [0.2, 0.25) is 0 Å². The van der Waals surface area contributed by atoms with Crippen LogP contribution >= 0.6 is 0 Å². The van der Waals surface area contributed by atoms with Gasteiger partial charge in [-0.3, -0.25) is 9.48 Å². The number of ether oxygens (including phenoxy) is 1. The summed E-state index contributed by atoms with van der Waals surface area (Å²) in [6.07, 6.45) is 4.68. The Balaban J connectivity index is 1.46. The summed E-state index contributed by atoms with van der Waals surface area (Å²) in [4.78, 5) is 12.6. The second-order valence-corrected chi connectivity index (χ2v) is 7.71. The number of carbonyl (C=O) groups excluding carboxylic acids is 1. The van der Waals surface area contributed by atoms with Crippen molar-refractivity contribution in [1.82, 2.24) is 20.4 Å². The van der Waals surface area contributed by atoms with Gasteiger partial charge in [0.1, 0.15) is 5.75 Å². The summed E-state index contributed by atoms with van der Waals surface area (Å²) in [6, 6.07) is 8.13. The molecule has 2 aromatic rings. The molecule has 1 aliphatic rings. The van der Waals surface area contributed by atoms with Gasteiger partial charge in [-0.05, 0) is 35.6 Å². The molecule has 1 aliphatic heterocycles. The minimum absolute atomic E-state index is 0.0407. The van der Waals surface area contributed by atoms with E-state index in [1.807, 2.05) is 31.6 Å². The molecule has 0 unspecified atom stereocenters. The predicted molar refractivity (Wildman–Crippen MR) is 106 cm³/mol. The van der Waals surface area contributed by atoms with Crippen LogP contribution in [0.25, 0.3) is 0 Å². The Bertz CT molecular complexity index is 739. The van der Waals surface area contributed by atoms with E-state index in [2.05, 4.69) is 41.7 Å². The molecule has 6 heteroatoms. The van der Waals surface area contributed by atoms with E-state index in [0.29, 0.717) is 19.0 Å². The van der Waals surface area contributed by atoms with Crippen molar-refractivity contribution in [2.45, 2.75) is 26.2 Å². The minimum Gasteiger partial charge on any atom is -0.493 e. The molecule has 1 saturated heterocycles. The molecule has 1 amide bonds. The van der Waals surface area contributed by atoms with E-state index >= 15 is 0 Å². The van der Waals surface area contributed by atoms with Crippen molar-refractivity contribution in [2.24, 2.45) is 18.9 Å². The van der Waals surface area contributed by atoms with Crippen molar-refractivity contribution in [3.8, 4) is 5.75 Å². The molecular formula is C21H30N4O2. The normalized spacial score (nSPS) is 19.4. The lowest BCUT2D eigenvalue weighted by atomic mass is 9.90. The number of benzene rings is 1. The topological polar surface area (TPSA) is 68.2 Å². The lowest BCUT2D eigenvalue weighted by Crippen LogP contribution is -2.35. The maximum absolute atomic E-state index is 12.6. The first-order chi connectivity index (χ1) is 13.0. The van der Waals surface area contributed by atoms with Crippen molar-refractivity contribution in [3.63, 3.8) is 0 Å². The van der Waals surface area contributed by atoms with Crippen molar-refractivity contribution in [3.05, 3.63) is 47.8 Å². The van der Waals surface area contributed by atoms with E-state index < -0.39 is 0 Å². The number of nitrogens with one attached hydrogen (secondary N) is 2. The van der Waals surface area contributed by atoms with Crippen LogP contribution in [0.1, 0.15) is 30.9 Å². The zero-order chi connectivity index (χ0) is 19.2. The van der Waals surface area contributed by atoms with Gasteiger partial charge in [0, 0.05) is 38.8 Å². The third kappa shape index (κ3) is 5.32. The zero-order valence-corrected chi connectivity index (χ0v) is 16.4. The Labute approximate surface area is 161 Å². The molecule has 146 valence electrons. The molecular weight excluding hydrogens is 340 g/mol. The van der Waals surface area contributed by atoms with Crippen LogP contribution in [0.15, 0.2) is 36.7 Å². The molecule has 2 N–H and O–H groups in total. The highest BCUT2D eigenvalue weighted by Crippen LogP contribution is 2.27. The number of hydrogen-bond donors (Lipinski definition) is 2. The number of nitrogens with zero attached hydrogens (tertiary/aromatic N) is 2. The van der Waals surface area contributed by atoms with Crippen LogP contribution in [0.5, 0.6) is 5.75 Å². The first kappa shape index (κ1) is 19.4. The highest BCUT2D eigenvalue weighted by Gasteiger charge is 2.34. The van der Waals surface area contributed by atoms with Gasteiger partial charge in [0.15, 0.2) is 0 Å². The van der Waals surface area contributed by atoms with Gasteiger partial charge in [0.05, 0.1) is 18.7 Å². The molecule has 1 fully saturated rings. The van der Waals surface area contributed by atoms with Crippen LogP contribution in [0.3, 0.4) is 0 Å². The number of rotatable bonds is 8. The monoisotopic (exact) mass is 370 g/mol. The average molecular weight is 370 g/mol. The largest absolute Gasteiger partial charge is 0.493 e. The molecule has 3 rings (SSSR count). The van der Waals surface area contributed by atoms with E-state index in [1.54, 1.807) is 4.68 Å². The second kappa shape index (κ2) is 9.04. The zero-order valence-electron chi connectivity index (χ0n) is 16.4. The maximum atomic E-state index is 12.6. The first-order valence-electron chi connectivity index (χ1n) is 9.71. The van der Waals surface area contributed by atoms with Crippen LogP contribution in [-0.2, 0) is 18.3 Å². The lowest BCUT2D eigenvalue weighted by Gasteiger charge is -2.17. The van der Waals surface area contributed by atoms with E-state index in [1.165, 1.54) is 5.56 Å². The van der Waals surface area contributed by atoms with Gasteiger partial charge in [-0.2, -0.15) is 5.10 Å². The van der Waals surface area contributed by atoms with E-state index in [-0.39, 0.29) is 17.7 Å². The van der Waals surface area contributed by atoms with E-state index in [0.717, 1.165) is 30.9 Å². The molecule has 2 atom stereocenters. The Morgan fingerprint density at radius 3 is 2.78 bits per heavy atom. The summed E-state index contributed by atoms with van der Waals surface area (Å²) >= 11 is 0. The summed E-state index contributed by atoms with van der Waals surface area (Å²) in [5.41, 5.74) is 2.32. The molecule has 6 nitrogen and oxygen atoms in total. The molecule has 0 saturated carbocycles. The van der Waals surface area contributed by atoms with Gasteiger partial charge in [-0.15, -0.1) is 0 Å². The number of aryl methyl sites for hydroxylation is 1. The molecule has 27 heavy (non-hydrogen) atoms. The minimum atomic E-state index is -0.0407. The van der Waals surface area contributed by atoms with E-state index in [9.17, 15) is 4.79 Å². The highest BCUT2D eigenvalue weighted by atomic mass is 16.5. The maximum Gasteiger partial charge on any atom is 0.225 e. The van der Waals surface area contributed by atoms with Gasteiger partial charge in [0.2, 0.25) is 5.91 Å². The molecule has 0 aliphatic carbocycles. The van der Waals surface area contributed by atoms with Gasteiger partial charge in [0.25, 0.3) is 0 Å². The summed E-state index contributed by atoms with van der Waals surface area (Å²) in [5.74, 6) is 1.68. The van der Waals surface area contributed by atoms with Crippen molar-refractivity contribution >= 4 is 5.91 Å².